The maximum atomic E-state index is 14.0. The number of aryl methyl sites for hydroxylation is 1. The molecule has 6 rings (SSSR count). The van der Waals surface area contributed by atoms with Crippen molar-refractivity contribution in [3.8, 4) is 17.0 Å². The monoisotopic (exact) mass is 473 g/mol. The highest BCUT2D eigenvalue weighted by Gasteiger charge is 2.39. The molecule has 8 nitrogen and oxygen atoms in total. The van der Waals surface area contributed by atoms with Gasteiger partial charge in [-0.3, -0.25) is 5.01 Å². The Morgan fingerprint density at radius 1 is 1.06 bits per heavy atom. The summed E-state index contributed by atoms with van der Waals surface area (Å²) in [6.07, 6.45) is 5.46. The van der Waals surface area contributed by atoms with E-state index in [0.717, 1.165) is 27.6 Å². The first-order valence-electron chi connectivity index (χ1n) is 10.9. The number of aromatic amines is 1. The second kappa shape index (κ2) is 7.33. The van der Waals surface area contributed by atoms with Gasteiger partial charge >= 0.3 is 0 Å². The van der Waals surface area contributed by atoms with Crippen LogP contribution in [-0.4, -0.2) is 49.0 Å². The molecule has 2 atom stereocenters. The number of aromatic nitrogens is 2. The number of nitrogens with zero attached hydrogens (tertiary/aromatic N) is 4. The summed E-state index contributed by atoms with van der Waals surface area (Å²) in [7, 11) is -0.435. The minimum atomic E-state index is -3.94. The molecular weight excluding hydrogens is 450 g/mol. The third-order valence-corrected chi connectivity index (χ3v) is 8.28. The average Bonchev–Trinajstić information content (AvgIpc) is 3.53. The lowest BCUT2D eigenvalue weighted by atomic mass is 9.94. The second-order valence-electron chi connectivity index (χ2n) is 8.64. The fourth-order valence-electron chi connectivity index (χ4n) is 4.80. The number of hydrazone groups is 1. The normalized spacial score (nSPS) is 19.0. The lowest BCUT2D eigenvalue weighted by Gasteiger charge is -2.25. The molecule has 4 aromatic rings. The topological polar surface area (TPSA) is 92.0 Å². The highest BCUT2D eigenvalue weighted by atomic mass is 32.2. The lowest BCUT2D eigenvalue weighted by Crippen LogP contribution is -2.24. The summed E-state index contributed by atoms with van der Waals surface area (Å²) in [5, 5.41) is 7.15. The molecule has 2 aliphatic rings. The minimum absolute atomic E-state index is 0.00802. The van der Waals surface area contributed by atoms with Crippen molar-refractivity contribution in [1.29, 1.82) is 0 Å². The third-order valence-electron chi connectivity index (χ3n) is 6.56. The Hall–Kier alpha value is -3.85. The van der Waals surface area contributed by atoms with E-state index < -0.39 is 10.0 Å². The number of hydrogen-bond donors (Lipinski definition) is 1. The minimum Gasteiger partial charge on any atom is -0.497 e. The number of H-pyrrole nitrogens is 1. The van der Waals surface area contributed by atoms with Crippen molar-refractivity contribution in [2.24, 2.45) is 16.0 Å². The van der Waals surface area contributed by atoms with Gasteiger partial charge in [0, 0.05) is 47.7 Å². The van der Waals surface area contributed by atoms with Gasteiger partial charge in [-0.1, -0.05) is 17.7 Å². The van der Waals surface area contributed by atoms with Crippen molar-refractivity contribution in [1.82, 2.24) is 14.0 Å². The van der Waals surface area contributed by atoms with E-state index in [1.54, 1.807) is 37.6 Å². The number of hydrogen-bond acceptors (Lipinski definition) is 6. The third kappa shape index (κ3) is 2.93. The molecule has 0 radical (unpaired) electrons. The molecule has 0 fully saturated rings. The Bertz CT molecular complexity index is 1600. The first-order valence-corrected chi connectivity index (χ1v) is 12.4. The molecule has 1 N–H and O–H groups in total. The zero-order chi connectivity index (χ0) is 23.6. The number of nitrogens with one attached hydrogen (secondary N) is 1. The van der Waals surface area contributed by atoms with Gasteiger partial charge < -0.3 is 9.72 Å². The molecule has 0 saturated carbocycles. The summed E-state index contributed by atoms with van der Waals surface area (Å²) in [5.41, 5.74) is 4.01. The predicted molar refractivity (Wildman–Crippen MR) is 133 cm³/mol. The fraction of sp³-hybridized carbons (Fsp3) is 0.200. The molecule has 9 heteroatoms. The number of fused-ring (bicyclic) bond motifs is 4. The van der Waals surface area contributed by atoms with Crippen LogP contribution in [0.4, 0.5) is 5.82 Å². The number of methoxy groups -OCH3 is 1. The van der Waals surface area contributed by atoms with Crippen LogP contribution in [0, 0.1) is 12.8 Å². The zero-order valence-corrected chi connectivity index (χ0v) is 19.7. The summed E-state index contributed by atoms with van der Waals surface area (Å²) in [5.74, 6) is 1.09. The Kier molecular flexibility index (Phi) is 4.47. The summed E-state index contributed by atoms with van der Waals surface area (Å²) in [4.78, 5) is 8.10. The van der Waals surface area contributed by atoms with E-state index in [1.165, 1.54) is 3.97 Å². The Labute approximate surface area is 197 Å². The van der Waals surface area contributed by atoms with E-state index in [-0.39, 0.29) is 16.9 Å². The summed E-state index contributed by atoms with van der Waals surface area (Å²) in [6, 6.07) is 14.4. The van der Waals surface area contributed by atoms with Crippen molar-refractivity contribution in [3.05, 3.63) is 65.9 Å². The van der Waals surface area contributed by atoms with Crippen LogP contribution in [0.5, 0.6) is 5.75 Å². The van der Waals surface area contributed by atoms with Crippen LogP contribution >= 0.6 is 0 Å². The van der Waals surface area contributed by atoms with Crippen LogP contribution in [0.2, 0.25) is 0 Å². The highest BCUT2D eigenvalue weighted by molar-refractivity contribution is 7.90. The number of aliphatic imine (C=N–C) groups is 1. The van der Waals surface area contributed by atoms with Crippen molar-refractivity contribution < 1.29 is 13.2 Å². The summed E-state index contributed by atoms with van der Waals surface area (Å²) >= 11 is 0. The molecule has 172 valence electrons. The van der Waals surface area contributed by atoms with Crippen molar-refractivity contribution in [2.75, 3.05) is 14.2 Å². The van der Waals surface area contributed by atoms with E-state index in [2.05, 4.69) is 15.1 Å². The van der Waals surface area contributed by atoms with Crippen molar-refractivity contribution in [2.45, 2.75) is 17.9 Å². The molecule has 0 bridgehead atoms. The highest BCUT2D eigenvalue weighted by Crippen LogP contribution is 2.46. The second-order valence-corrected chi connectivity index (χ2v) is 10.4. The Balaban J connectivity index is 1.65. The quantitative estimate of drug-likeness (QED) is 0.473. The summed E-state index contributed by atoms with van der Waals surface area (Å²) < 4.78 is 34.9. The standard InChI is InChI=1S/C25H23N5O3S/c1-15-4-7-18(8-5-15)34(31,32)30-23(21-14-26-22-9-6-17(33-3)10-19(21)22)11-20-24-16(12-27-25(20)30)13-28-29(24)2/h4-14,16,24,26H,1-3H3. The zero-order valence-electron chi connectivity index (χ0n) is 18.9. The van der Waals surface area contributed by atoms with Crippen LogP contribution < -0.4 is 4.74 Å². The molecule has 2 aromatic heterocycles. The Morgan fingerprint density at radius 2 is 1.85 bits per heavy atom. The van der Waals surface area contributed by atoms with Gasteiger partial charge in [0.2, 0.25) is 0 Å². The van der Waals surface area contributed by atoms with Gasteiger partial charge in [-0.15, -0.1) is 0 Å². The van der Waals surface area contributed by atoms with Gasteiger partial charge in [0.25, 0.3) is 10.0 Å². The molecule has 0 aliphatic carbocycles. The van der Waals surface area contributed by atoms with E-state index in [0.29, 0.717) is 17.3 Å². The molecule has 0 saturated heterocycles. The molecule has 2 aromatic carbocycles. The molecular formula is C25H23N5O3S. The average molecular weight is 474 g/mol. The van der Waals surface area contributed by atoms with Gasteiger partial charge in [0.15, 0.2) is 5.82 Å². The van der Waals surface area contributed by atoms with Gasteiger partial charge in [-0.2, -0.15) is 5.10 Å². The molecule has 2 unspecified atom stereocenters. The van der Waals surface area contributed by atoms with Crippen LogP contribution in [-0.2, 0) is 10.0 Å². The van der Waals surface area contributed by atoms with Crippen molar-refractivity contribution in [3.63, 3.8) is 0 Å². The van der Waals surface area contributed by atoms with E-state index in [9.17, 15) is 8.42 Å². The van der Waals surface area contributed by atoms with Crippen LogP contribution in [0.25, 0.3) is 22.2 Å². The van der Waals surface area contributed by atoms with E-state index in [1.807, 2.05) is 55.7 Å². The van der Waals surface area contributed by atoms with Crippen LogP contribution in [0.1, 0.15) is 17.2 Å². The van der Waals surface area contributed by atoms with E-state index >= 15 is 0 Å². The SMILES string of the molecule is COc1ccc2[nH]cc(-c3cc4c(n3S(=O)(=O)c3ccc(C)cc3)N=CC3C=NN(C)C43)c2c1. The first-order chi connectivity index (χ1) is 16.4. The molecule has 2 aliphatic heterocycles. The van der Waals surface area contributed by atoms with E-state index in [4.69, 9.17) is 4.74 Å². The van der Waals surface area contributed by atoms with Gasteiger partial charge in [-0.25, -0.2) is 17.4 Å². The maximum absolute atomic E-state index is 14.0. The summed E-state index contributed by atoms with van der Waals surface area (Å²) in [6.45, 7) is 1.93. The van der Waals surface area contributed by atoms with Gasteiger partial charge in [0.05, 0.1) is 29.7 Å². The lowest BCUT2D eigenvalue weighted by molar-refractivity contribution is 0.273. The Morgan fingerprint density at radius 3 is 2.62 bits per heavy atom. The predicted octanol–water partition coefficient (Wildman–Crippen LogP) is 4.49. The van der Waals surface area contributed by atoms with Gasteiger partial charge in [0.1, 0.15) is 5.75 Å². The number of ether oxygens (including phenoxy) is 1. The smallest absolute Gasteiger partial charge is 0.269 e. The fourth-order valence-corrected chi connectivity index (χ4v) is 6.28. The van der Waals surface area contributed by atoms with Crippen molar-refractivity contribution >= 4 is 39.2 Å². The number of rotatable bonds is 4. The molecule has 0 amide bonds. The van der Waals surface area contributed by atoms with Crippen LogP contribution in [0.15, 0.2) is 69.7 Å². The van der Waals surface area contributed by atoms with Crippen LogP contribution in [0.3, 0.4) is 0 Å². The maximum Gasteiger partial charge on any atom is 0.269 e. The molecule has 0 spiro atoms. The number of benzene rings is 2. The molecule has 34 heavy (non-hydrogen) atoms. The van der Waals surface area contributed by atoms with Gasteiger partial charge in [-0.05, 0) is 43.3 Å². The largest absolute Gasteiger partial charge is 0.497 e. The first kappa shape index (κ1) is 20.7. The molecule has 4 heterocycles.